The molecule has 0 fully saturated rings. The van der Waals surface area contributed by atoms with E-state index < -0.39 is 47.6 Å². The minimum atomic E-state index is -1.31. The van der Waals surface area contributed by atoms with E-state index in [1.165, 1.54) is 35.1 Å². The van der Waals surface area contributed by atoms with E-state index in [2.05, 4.69) is 10.4 Å². The Kier molecular flexibility index (Phi) is 10.8. The van der Waals surface area contributed by atoms with Gasteiger partial charge in [-0.1, -0.05) is 37.6 Å². The van der Waals surface area contributed by atoms with Crippen molar-refractivity contribution in [3.8, 4) is 16.9 Å². The van der Waals surface area contributed by atoms with Crippen LogP contribution in [0.15, 0.2) is 54.7 Å². The molecule has 3 rings (SSSR count). The van der Waals surface area contributed by atoms with E-state index in [4.69, 9.17) is 10.9 Å². The van der Waals surface area contributed by atoms with Crippen LogP contribution in [0.4, 0.5) is 4.39 Å². The number of halogens is 1. The van der Waals surface area contributed by atoms with Gasteiger partial charge in [-0.3, -0.25) is 14.4 Å². The molecule has 1 aromatic heterocycles. The molecule has 224 valence electrons. The van der Waals surface area contributed by atoms with Gasteiger partial charge in [0.25, 0.3) is 5.91 Å². The molecule has 0 bridgehead atoms. The number of aromatic nitrogens is 2. The van der Waals surface area contributed by atoms with Gasteiger partial charge in [0.1, 0.15) is 23.6 Å². The highest BCUT2D eigenvalue weighted by atomic mass is 19.1. The Morgan fingerprint density at radius 2 is 1.74 bits per heavy atom. The van der Waals surface area contributed by atoms with Crippen LogP contribution in [0, 0.1) is 18.7 Å². The van der Waals surface area contributed by atoms with Crippen LogP contribution in [0.25, 0.3) is 16.9 Å². The number of ether oxygens (including phenoxy) is 2. The Hall–Kier alpha value is -4.54. The van der Waals surface area contributed by atoms with Crippen molar-refractivity contribution >= 4 is 23.8 Å². The lowest BCUT2D eigenvalue weighted by atomic mass is 10.0. The lowest BCUT2D eigenvalue weighted by Crippen LogP contribution is -2.54. The first-order valence-corrected chi connectivity index (χ1v) is 13.8. The van der Waals surface area contributed by atoms with E-state index in [1.807, 2.05) is 25.1 Å². The van der Waals surface area contributed by atoms with Gasteiger partial charge < -0.3 is 20.1 Å². The Bertz CT molecular complexity index is 1440. The molecule has 0 aliphatic heterocycles. The summed E-state index contributed by atoms with van der Waals surface area (Å²) in [6, 6.07) is 10.3. The molecule has 10 nitrogen and oxygen atoms in total. The molecule has 2 atom stereocenters. The second kappa shape index (κ2) is 14.9. The van der Waals surface area contributed by atoms with Gasteiger partial charge in [0.05, 0.1) is 24.5 Å². The summed E-state index contributed by atoms with van der Waals surface area (Å²) >= 11 is 0. The molecule has 0 unspecified atom stereocenters. The van der Waals surface area contributed by atoms with Gasteiger partial charge in [0, 0.05) is 18.2 Å². The van der Waals surface area contributed by atoms with E-state index in [1.54, 1.807) is 33.8 Å². The molecule has 3 aromatic rings. The fourth-order valence-corrected chi connectivity index (χ4v) is 4.21. The Balaban J connectivity index is 1.95. The van der Waals surface area contributed by atoms with E-state index in [-0.39, 0.29) is 37.3 Å². The number of hydrogen-bond acceptors (Lipinski definition) is 7. The minimum absolute atomic E-state index is 0.0487. The highest BCUT2D eigenvalue weighted by molar-refractivity contribution is 6.02. The SMILES string of the molecule is [2H]N(C(=O)c1cn(-c2ccc(F)cc2)nc1-c1cccc(C)c1)[C@H](C(=O)N[C@@H](CCC(=O)OCC)C(=O)OCC)C(C)C. The number of hydrogen-bond donors (Lipinski definition) is 2. The zero-order valence-corrected chi connectivity index (χ0v) is 24.4. The fourth-order valence-electron chi connectivity index (χ4n) is 4.21. The van der Waals surface area contributed by atoms with Gasteiger partial charge in [-0.05, 0) is 63.4 Å². The van der Waals surface area contributed by atoms with Crippen molar-refractivity contribution in [2.75, 3.05) is 13.2 Å². The minimum Gasteiger partial charge on any atom is -0.466 e. The maximum atomic E-state index is 13.9. The lowest BCUT2D eigenvalue weighted by Gasteiger charge is -2.24. The van der Waals surface area contributed by atoms with Gasteiger partial charge >= 0.3 is 11.9 Å². The molecule has 0 saturated carbocycles. The summed E-state index contributed by atoms with van der Waals surface area (Å²) in [7, 11) is 0. The third-order valence-electron chi connectivity index (χ3n) is 6.31. The predicted octanol–water partition coefficient (Wildman–Crippen LogP) is 4.13. The van der Waals surface area contributed by atoms with Crippen LogP contribution in [0.3, 0.4) is 0 Å². The zero-order valence-electron chi connectivity index (χ0n) is 25.4. The second-order valence-electron chi connectivity index (χ2n) is 9.96. The van der Waals surface area contributed by atoms with Crippen molar-refractivity contribution in [2.24, 2.45) is 5.92 Å². The van der Waals surface area contributed by atoms with E-state index in [0.717, 1.165) is 5.56 Å². The van der Waals surface area contributed by atoms with Crippen molar-refractivity contribution in [3.63, 3.8) is 0 Å². The first-order chi connectivity index (χ1) is 20.5. The van der Waals surface area contributed by atoms with E-state index in [9.17, 15) is 23.6 Å². The number of nitrogens with one attached hydrogen (secondary N) is 2. The maximum absolute atomic E-state index is 13.9. The molecule has 0 aliphatic carbocycles. The van der Waals surface area contributed by atoms with Gasteiger partial charge in [-0.15, -0.1) is 0 Å². The molecule has 0 saturated heterocycles. The maximum Gasteiger partial charge on any atom is 0.328 e. The van der Waals surface area contributed by atoms with Crippen LogP contribution in [-0.4, -0.2) is 58.8 Å². The first-order valence-electron chi connectivity index (χ1n) is 14.3. The highest BCUT2D eigenvalue weighted by Gasteiger charge is 2.31. The van der Waals surface area contributed by atoms with Crippen LogP contribution in [0.1, 0.15) is 56.5 Å². The van der Waals surface area contributed by atoms with Crippen LogP contribution in [0.2, 0.25) is 1.41 Å². The van der Waals surface area contributed by atoms with Crippen molar-refractivity contribution in [1.82, 2.24) is 20.4 Å². The summed E-state index contributed by atoms with van der Waals surface area (Å²) < 4.78 is 33.8. The highest BCUT2D eigenvalue weighted by Crippen LogP contribution is 2.25. The number of amides is 2. The average Bonchev–Trinajstić information content (AvgIpc) is 3.41. The number of carbonyl (C=O) groups is 4. The molecular formula is C31H37FN4O6. The molecular weight excluding hydrogens is 543 g/mol. The Labute approximate surface area is 246 Å². The molecule has 1 heterocycles. The number of aryl methyl sites for hydroxylation is 1. The summed E-state index contributed by atoms with van der Waals surface area (Å²) in [6.07, 6.45) is 1.21. The smallest absolute Gasteiger partial charge is 0.328 e. The van der Waals surface area contributed by atoms with Gasteiger partial charge in [-0.2, -0.15) is 5.10 Å². The van der Waals surface area contributed by atoms with Crippen molar-refractivity contribution in [3.05, 3.63) is 71.7 Å². The van der Waals surface area contributed by atoms with Gasteiger partial charge in [0.15, 0.2) is 1.41 Å². The molecule has 0 radical (unpaired) electrons. The molecule has 0 spiro atoms. The quantitative estimate of drug-likeness (QED) is 0.291. The Morgan fingerprint density at radius 3 is 2.36 bits per heavy atom. The summed E-state index contributed by atoms with van der Waals surface area (Å²) in [5.74, 6) is -3.82. The number of esters is 2. The Morgan fingerprint density at radius 1 is 1.05 bits per heavy atom. The van der Waals surface area contributed by atoms with Crippen LogP contribution < -0.4 is 10.6 Å². The third-order valence-corrected chi connectivity index (χ3v) is 6.31. The van der Waals surface area contributed by atoms with E-state index in [0.29, 0.717) is 16.6 Å². The van der Waals surface area contributed by atoms with Crippen molar-refractivity contribution in [1.29, 1.82) is 0 Å². The van der Waals surface area contributed by atoms with Gasteiger partial charge in [-0.25, -0.2) is 13.9 Å². The molecule has 11 heteroatoms. The molecule has 2 aromatic carbocycles. The van der Waals surface area contributed by atoms with Crippen LogP contribution >= 0.6 is 0 Å². The van der Waals surface area contributed by atoms with Crippen molar-refractivity contribution < 1.29 is 34.5 Å². The summed E-state index contributed by atoms with van der Waals surface area (Å²) in [6.45, 7) is 8.72. The normalized spacial score (nSPS) is 12.7. The monoisotopic (exact) mass is 581 g/mol. The standard InChI is InChI=1S/C31H37FN4O6/c1-6-41-26(37)16-15-25(31(40)42-7-2)33-30(39)27(19(3)4)34-29(38)24-18-36(23-13-11-22(32)12-14-23)35-28(24)21-10-8-9-20(5)17-21/h8-14,17-19,25,27H,6-7,15-16H2,1-5H3,(H,33,39)(H,34,38)/t25-,27-/m0/s1/i/hD. The molecule has 0 aliphatic rings. The summed E-state index contributed by atoms with van der Waals surface area (Å²) in [4.78, 5) is 51.9. The number of carbonyl (C=O) groups excluding carboxylic acids is 4. The van der Waals surface area contributed by atoms with Crippen LogP contribution in [0.5, 0.6) is 0 Å². The molecule has 42 heavy (non-hydrogen) atoms. The summed E-state index contributed by atoms with van der Waals surface area (Å²) in [5.41, 5.74) is 2.35. The number of nitrogens with zero attached hydrogens (tertiary/aromatic N) is 2. The molecule has 2 N–H and O–H groups in total. The van der Waals surface area contributed by atoms with Crippen LogP contribution in [-0.2, 0) is 23.9 Å². The van der Waals surface area contributed by atoms with Gasteiger partial charge in [0.2, 0.25) is 5.91 Å². The van der Waals surface area contributed by atoms with E-state index >= 15 is 0 Å². The average molecular weight is 582 g/mol. The largest absolute Gasteiger partial charge is 0.466 e. The fraction of sp³-hybridized carbons (Fsp3) is 0.387. The molecule has 2 amide bonds. The first kappa shape index (κ1) is 30.4. The third kappa shape index (κ3) is 8.48. The van der Waals surface area contributed by atoms with Crippen molar-refractivity contribution in [2.45, 2.75) is 59.5 Å². The predicted molar refractivity (Wildman–Crippen MR) is 154 cm³/mol. The number of benzene rings is 2. The number of rotatable bonds is 13. The zero-order chi connectivity index (χ0) is 31.7. The second-order valence-corrected chi connectivity index (χ2v) is 9.96. The topological polar surface area (TPSA) is 129 Å². The summed E-state index contributed by atoms with van der Waals surface area (Å²) in [5, 5.41) is 7.71. The lowest BCUT2D eigenvalue weighted by molar-refractivity contribution is -0.149.